The summed E-state index contributed by atoms with van der Waals surface area (Å²) in [4.78, 5) is 24.6. The minimum Gasteiger partial charge on any atom is -0.467 e. The van der Waals surface area contributed by atoms with Crippen LogP contribution in [-0.2, 0) is 23.1 Å². The van der Waals surface area contributed by atoms with E-state index in [1.54, 1.807) is 44.2 Å². The van der Waals surface area contributed by atoms with Crippen LogP contribution in [0.1, 0.15) is 31.1 Å². The molecule has 8 heteroatoms. The Morgan fingerprint density at radius 3 is 2.09 bits per heavy atom. The molecule has 0 aliphatic rings. The first-order chi connectivity index (χ1) is 10.8. The number of ether oxygens (including phenoxy) is 1. The van der Waals surface area contributed by atoms with Crippen molar-refractivity contribution in [2.75, 3.05) is 20.3 Å². The first kappa shape index (κ1) is 19.4. The standard InChI is InChI=1S/C15H22NO6P/c1-5-21-23(19,22-6-2)15(3,14(18)20-4)16-13(17)12-10-8-7-9-11-12/h7-11H,5-6H2,1-4H3,(H,16,17)/t15-/m0/s1. The molecule has 0 aliphatic carbocycles. The number of carbonyl (C=O) groups excluding carboxylic acids is 2. The van der Waals surface area contributed by atoms with Crippen molar-refractivity contribution >= 4 is 19.5 Å². The molecular weight excluding hydrogens is 321 g/mol. The summed E-state index contributed by atoms with van der Waals surface area (Å²) in [6.45, 7) is 4.59. The van der Waals surface area contributed by atoms with E-state index in [1.807, 2.05) is 0 Å². The average Bonchev–Trinajstić information content (AvgIpc) is 2.55. The molecule has 0 radical (unpaired) electrons. The predicted octanol–water partition coefficient (Wildman–Crippen LogP) is 2.57. The topological polar surface area (TPSA) is 90.9 Å². The van der Waals surface area contributed by atoms with Gasteiger partial charge < -0.3 is 19.1 Å². The minimum absolute atomic E-state index is 0.0467. The number of methoxy groups -OCH3 is 1. The van der Waals surface area contributed by atoms with Gasteiger partial charge in [-0.1, -0.05) is 18.2 Å². The molecule has 23 heavy (non-hydrogen) atoms. The Morgan fingerprint density at radius 1 is 1.13 bits per heavy atom. The Hall–Kier alpha value is -1.69. The van der Waals surface area contributed by atoms with E-state index in [0.717, 1.165) is 7.11 Å². The summed E-state index contributed by atoms with van der Waals surface area (Å²) in [5.41, 5.74) is 0.308. The Balaban J connectivity index is 3.23. The number of esters is 1. The second kappa shape index (κ2) is 8.24. The van der Waals surface area contributed by atoms with Gasteiger partial charge in [-0.05, 0) is 32.9 Å². The summed E-state index contributed by atoms with van der Waals surface area (Å²) < 4.78 is 28.2. The van der Waals surface area contributed by atoms with Gasteiger partial charge in [0.2, 0.25) is 5.28 Å². The maximum absolute atomic E-state index is 13.0. The van der Waals surface area contributed by atoms with Crippen LogP contribution in [0.15, 0.2) is 30.3 Å². The van der Waals surface area contributed by atoms with Gasteiger partial charge in [0.1, 0.15) is 0 Å². The van der Waals surface area contributed by atoms with Crippen LogP contribution in [0.5, 0.6) is 0 Å². The zero-order chi connectivity index (χ0) is 17.5. The molecule has 0 aliphatic heterocycles. The molecule has 0 fully saturated rings. The second-order valence-corrected chi connectivity index (χ2v) is 7.12. The Kier molecular flexibility index (Phi) is 6.94. The third kappa shape index (κ3) is 4.19. The summed E-state index contributed by atoms with van der Waals surface area (Å²) >= 11 is 0. The lowest BCUT2D eigenvalue weighted by molar-refractivity contribution is -0.144. The highest BCUT2D eigenvalue weighted by atomic mass is 31.2. The molecule has 0 bridgehead atoms. The van der Waals surface area contributed by atoms with E-state index in [4.69, 9.17) is 13.8 Å². The number of benzene rings is 1. The number of amides is 1. The zero-order valence-corrected chi connectivity index (χ0v) is 14.6. The second-order valence-electron chi connectivity index (χ2n) is 4.72. The molecule has 0 saturated heterocycles. The van der Waals surface area contributed by atoms with Gasteiger partial charge >= 0.3 is 13.6 Å². The normalized spacial score (nSPS) is 13.9. The molecule has 0 aromatic heterocycles. The summed E-state index contributed by atoms with van der Waals surface area (Å²) in [7, 11) is -2.86. The molecular formula is C15H22NO6P. The lowest BCUT2D eigenvalue weighted by Crippen LogP contribution is -2.53. The highest BCUT2D eigenvalue weighted by Crippen LogP contribution is 2.59. The van der Waals surface area contributed by atoms with Crippen molar-refractivity contribution in [1.82, 2.24) is 5.32 Å². The van der Waals surface area contributed by atoms with Gasteiger partial charge in [-0.15, -0.1) is 0 Å². The van der Waals surface area contributed by atoms with Crippen molar-refractivity contribution in [1.29, 1.82) is 0 Å². The van der Waals surface area contributed by atoms with Gasteiger partial charge in [-0.3, -0.25) is 9.36 Å². The fourth-order valence-electron chi connectivity index (χ4n) is 1.95. The van der Waals surface area contributed by atoms with Gasteiger partial charge in [0.15, 0.2) is 0 Å². The lowest BCUT2D eigenvalue weighted by Gasteiger charge is -2.33. The number of carbonyl (C=O) groups is 2. The number of hydrogen-bond acceptors (Lipinski definition) is 6. The van der Waals surface area contributed by atoms with Crippen molar-refractivity contribution in [2.45, 2.75) is 26.1 Å². The van der Waals surface area contributed by atoms with Crippen LogP contribution < -0.4 is 5.32 Å². The minimum atomic E-state index is -3.99. The van der Waals surface area contributed by atoms with Crippen LogP contribution in [0.4, 0.5) is 0 Å². The van der Waals surface area contributed by atoms with E-state index in [9.17, 15) is 14.2 Å². The molecule has 0 saturated carbocycles. The average molecular weight is 343 g/mol. The van der Waals surface area contributed by atoms with Gasteiger partial charge in [0.25, 0.3) is 5.91 Å². The smallest absolute Gasteiger partial charge is 0.367 e. The van der Waals surface area contributed by atoms with Crippen molar-refractivity contribution < 1.29 is 27.9 Å². The van der Waals surface area contributed by atoms with E-state index in [1.165, 1.54) is 6.92 Å². The molecule has 128 valence electrons. The quantitative estimate of drug-likeness (QED) is 0.576. The summed E-state index contributed by atoms with van der Waals surface area (Å²) in [6.07, 6.45) is 0. The Labute approximate surface area is 135 Å². The van der Waals surface area contributed by atoms with E-state index in [-0.39, 0.29) is 13.2 Å². The van der Waals surface area contributed by atoms with Crippen molar-refractivity contribution in [3.05, 3.63) is 35.9 Å². The summed E-state index contributed by atoms with van der Waals surface area (Å²) in [5.74, 6) is -1.50. The predicted molar refractivity (Wildman–Crippen MR) is 85.2 cm³/mol. The maximum Gasteiger partial charge on any atom is 0.367 e. The van der Waals surface area contributed by atoms with Crippen LogP contribution in [0.2, 0.25) is 0 Å². The van der Waals surface area contributed by atoms with Crippen LogP contribution in [0.25, 0.3) is 0 Å². The van der Waals surface area contributed by atoms with Gasteiger partial charge in [-0.25, -0.2) is 4.79 Å². The first-order valence-corrected chi connectivity index (χ1v) is 8.74. The molecule has 1 rings (SSSR count). The van der Waals surface area contributed by atoms with Gasteiger partial charge in [0, 0.05) is 5.56 Å². The third-order valence-electron chi connectivity index (χ3n) is 3.12. The van der Waals surface area contributed by atoms with E-state index in [0.29, 0.717) is 5.56 Å². The molecule has 7 nitrogen and oxygen atoms in total. The van der Waals surface area contributed by atoms with Gasteiger partial charge in [0.05, 0.1) is 20.3 Å². The van der Waals surface area contributed by atoms with Crippen molar-refractivity contribution in [3.63, 3.8) is 0 Å². The van der Waals surface area contributed by atoms with E-state index in [2.05, 4.69) is 5.32 Å². The molecule has 1 aromatic rings. The van der Waals surface area contributed by atoms with Crippen LogP contribution >= 0.6 is 7.60 Å². The fraction of sp³-hybridized carbons (Fsp3) is 0.467. The molecule has 1 amide bonds. The zero-order valence-electron chi connectivity index (χ0n) is 13.7. The molecule has 0 spiro atoms. The molecule has 0 unspecified atom stereocenters. The summed E-state index contributed by atoms with van der Waals surface area (Å²) in [5, 5.41) is 0.486. The molecule has 1 aromatic carbocycles. The van der Waals surface area contributed by atoms with Crippen LogP contribution in [0, 0.1) is 0 Å². The van der Waals surface area contributed by atoms with E-state index < -0.39 is 24.8 Å². The number of rotatable bonds is 8. The highest BCUT2D eigenvalue weighted by Gasteiger charge is 2.55. The summed E-state index contributed by atoms with van der Waals surface area (Å²) in [6, 6.07) is 8.24. The Bertz CT molecular complexity index is 581. The number of nitrogens with one attached hydrogen (secondary N) is 1. The van der Waals surface area contributed by atoms with Crippen LogP contribution in [-0.4, -0.2) is 37.5 Å². The SMILES string of the molecule is CCOP(=O)(OCC)[C@](C)(NC(=O)c1ccccc1)C(=O)OC. The molecule has 0 heterocycles. The molecule has 1 N–H and O–H groups in total. The van der Waals surface area contributed by atoms with Crippen molar-refractivity contribution in [2.24, 2.45) is 0 Å². The van der Waals surface area contributed by atoms with E-state index >= 15 is 0 Å². The Morgan fingerprint density at radius 2 is 1.65 bits per heavy atom. The number of hydrogen-bond donors (Lipinski definition) is 1. The monoisotopic (exact) mass is 343 g/mol. The fourth-order valence-corrected chi connectivity index (χ4v) is 3.77. The van der Waals surface area contributed by atoms with Gasteiger partial charge in [-0.2, -0.15) is 0 Å². The highest BCUT2D eigenvalue weighted by molar-refractivity contribution is 7.56. The van der Waals surface area contributed by atoms with Crippen LogP contribution in [0.3, 0.4) is 0 Å². The first-order valence-electron chi connectivity index (χ1n) is 7.19. The maximum atomic E-state index is 13.0. The largest absolute Gasteiger partial charge is 0.467 e. The molecule has 1 atom stereocenters. The third-order valence-corrected chi connectivity index (χ3v) is 5.71. The lowest BCUT2D eigenvalue weighted by atomic mass is 10.2. The van der Waals surface area contributed by atoms with Crippen molar-refractivity contribution in [3.8, 4) is 0 Å².